The molecule has 2 atom stereocenters. The number of carboxylic acids is 1. The maximum absolute atomic E-state index is 12.4. The molecule has 1 aliphatic rings. The summed E-state index contributed by atoms with van der Waals surface area (Å²) < 4.78 is 5.76. The lowest BCUT2D eigenvalue weighted by molar-refractivity contribution is -0.142. The van der Waals surface area contributed by atoms with Crippen LogP contribution < -0.4 is 4.74 Å². The summed E-state index contributed by atoms with van der Waals surface area (Å²) >= 11 is 0. The van der Waals surface area contributed by atoms with Gasteiger partial charge < -0.3 is 14.7 Å². The molecule has 126 valence electrons. The largest absolute Gasteiger partial charge is 0.481 e. The zero-order valence-electron chi connectivity index (χ0n) is 14.2. The van der Waals surface area contributed by atoms with Gasteiger partial charge in [-0.25, -0.2) is 0 Å². The van der Waals surface area contributed by atoms with Crippen molar-refractivity contribution in [1.82, 2.24) is 4.90 Å². The number of hydrogen-bond donors (Lipinski definition) is 1. The first-order chi connectivity index (χ1) is 10.8. The van der Waals surface area contributed by atoms with Gasteiger partial charge in [0.2, 0.25) is 0 Å². The van der Waals surface area contributed by atoms with E-state index in [0.717, 1.165) is 5.56 Å². The van der Waals surface area contributed by atoms with E-state index in [4.69, 9.17) is 9.84 Å². The number of carboxylic acid groups (broad SMARTS) is 1. The van der Waals surface area contributed by atoms with Crippen molar-refractivity contribution < 1.29 is 19.4 Å². The second kappa shape index (κ2) is 7.02. The fourth-order valence-corrected chi connectivity index (χ4v) is 3.04. The number of benzene rings is 1. The first-order valence-corrected chi connectivity index (χ1v) is 8.08. The minimum atomic E-state index is -0.839. The van der Waals surface area contributed by atoms with E-state index in [1.165, 1.54) is 5.56 Å². The van der Waals surface area contributed by atoms with Gasteiger partial charge >= 0.3 is 5.97 Å². The topological polar surface area (TPSA) is 66.8 Å². The molecule has 1 aliphatic heterocycles. The smallest absolute Gasteiger partial charge is 0.308 e. The third kappa shape index (κ3) is 4.03. The summed E-state index contributed by atoms with van der Waals surface area (Å²) in [7, 11) is 0. The van der Waals surface area contributed by atoms with Gasteiger partial charge in [-0.05, 0) is 49.4 Å². The first kappa shape index (κ1) is 17.3. The van der Waals surface area contributed by atoms with E-state index in [0.29, 0.717) is 24.6 Å². The Hall–Kier alpha value is -2.04. The molecule has 1 aromatic carbocycles. The highest BCUT2D eigenvalue weighted by Gasteiger charge is 2.33. The Morgan fingerprint density at radius 1 is 1.30 bits per heavy atom. The van der Waals surface area contributed by atoms with E-state index in [2.05, 4.69) is 13.8 Å². The third-order valence-electron chi connectivity index (χ3n) is 4.37. The molecule has 0 aromatic heterocycles. The highest BCUT2D eigenvalue weighted by atomic mass is 16.5. The van der Waals surface area contributed by atoms with Crippen LogP contribution in [0.2, 0.25) is 0 Å². The molecule has 1 N–H and O–H groups in total. The monoisotopic (exact) mass is 319 g/mol. The van der Waals surface area contributed by atoms with Gasteiger partial charge in [0, 0.05) is 13.1 Å². The predicted molar refractivity (Wildman–Crippen MR) is 87.7 cm³/mol. The molecule has 0 aliphatic carbocycles. The molecule has 5 nitrogen and oxygen atoms in total. The van der Waals surface area contributed by atoms with E-state index in [9.17, 15) is 9.59 Å². The maximum atomic E-state index is 12.4. The van der Waals surface area contributed by atoms with Crippen molar-refractivity contribution in [3.63, 3.8) is 0 Å². The maximum Gasteiger partial charge on any atom is 0.308 e. The molecule has 0 saturated carbocycles. The predicted octanol–water partition coefficient (Wildman–Crippen LogP) is 2.82. The molecule has 0 spiro atoms. The summed E-state index contributed by atoms with van der Waals surface area (Å²) in [5.41, 5.74) is 2.41. The highest BCUT2D eigenvalue weighted by Crippen LogP contribution is 2.25. The number of carbonyl (C=O) groups excluding carboxylic acids is 1. The number of nitrogens with zero attached hydrogens (tertiary/aromatic N) is 1. The van der Waals surface area contributed by atoms with Crippen LogP contribution in [0.3, 0.4) is 0 Å². The van der Waals surface area contributed by atoms with Crippen molar-refractivity contribution in [2.45, 2.75) is 46.1 Å². The summed E-state index contributed by atoms with van der Waals surface area (Å²) in [4.78, 5) is 25.0. The molecule has 1 aromatic rings. The van der Waals surface area contributed by atoms with E-state index >= 15 is 0 Å². The first-order valence-electron chi connectivity index (χ1n) is 8.08. The van der Waals surface area contributed by atoms with Crippen LogP contribution in [0.5, 0.6) is 5.75 Å². The van der Waals surface area contributed by atoms with Gasteiger partial charge in [0.25, 0.3) is 5.91 Å². The molecule has 2 unspecified atom stereocenters. The number of aliphatic carboxylic acids is 1. The Kier molecular flexibility index (Phi) is 5.29. The molecule has 5 heteroatoms. The van der Waals surface area contributed by atoms with Gasteiger partial charge in [-0.2, -0.15) is 0 Å². The van der Waals surface area contributed by atoms with Crippen LogP contribution in [0.1, 0.15) is 44.2 Å². The molecule has 1 heterocycles. The molecule has 0 radical (unpaired) electrons. The molecule has 0 bridgehead atoms. The number of amides is 1. The Labute approximate surface area is 137 Å². The van der Waals surface area contributed by atoms with Crippen LogP contribution in [0.25, 0.3) is 0 Å². The summed E-state index contributed by atoms with van der Waals surface area (Å²) in [6.07, 6.45) is -0.109. The fraction of sp³-hybridized carbons (Fsp3) is 0.556. The number of likely N-dealkylation sites (tertiary alicyclic amines) is 1. The van der Waals surface area contributed by atoms with Crippen LogP contribution in [0.15, 0.2) is 18.2 Å². The zero-order valence-corrected chi connectivity index (χ0v) is 14.2. The zero-order chi connectivity index (χ0) is 17.1. The average Bonchev–Trinajstić information content (AvgIpc) is 2.96. The van der Waals surface area contributed by atoms with Gasteiger partial charge in [0.05, 0.1) is 5.92 Å². The van der Waals surface area contributed by atoms with Crippen LogP contribution >= 0.6 is 0 Å². The molecule has 2 rings (SSSR count). The van der Waals surface area contributed by atoms with Crippen LogP contribution in [0.4, 0.5) is 0 Å². The Morgan fingerprint density at radius 3 is 2.52 bits per heavy atom. The lowest BCUT2D eigenvalue weighted by Crippen LogP contribution is -2.39. The second-order valence-electron chi connectivity index (χ2n) is 6.54. The molecule has 1 amide bonds. The van der Waals surface area contributed by atoms with Crippen molar-refractivity contribution >= 4 is 11.9 Å². The summed E-state index contributed by atoms with van der Waals surface area (Å²) in [6.45, 7) is 8.78. The Morgan fingerprint density at radius 2 is 2.00 bits per heavy atom. The van der Waals surface area contributed by atoms with Crippen molar-refractivity contribution in [3.05, 3.63) is 29.3 Å². The molecule has 1 fully saturated rings. The van der Waals surface area contributed by atoms with Crippen LogP contribution in [-0.2, 0) is 9.59 Å². The van der Waals surface area contributed by atoms with Gasteiger partial charge in [-0.3, -0.25) is 9.59 Å². The van der Waals surface area contributed by atoms with E-state index < -0.39 is 18.0 Å². The van der Waals surface area contributed by atoms with Crippen LogP contribution in [0, 0.1) is 12.8 Å². The van der Waals surface area contributed by atoms with E-state index in [1.54, 1.807) is 11.8 Å². The lowest BCUT2D eigenvalue weighted by atomic mass is 9.98. The molecule has 1 saturated heterocycles. The van der Waals surface area contributed by atoms with Crippen molar-refractivity contribution in [3.8, 4) is 5.75 Å². The van der Waals surface area contributed by atoms with Crippen molar-refractivity contribution in [2.75, 3.05) is 13.1 Å². The average molecular weight is 319 g/mol. The second-order valence-corrected chi connectivity index (χ2v) is 6.54. The quantitative estimate of drug-likeness (QED) is 0.906. The fourth-order valence-electron chi connectivity index (χ4n) is 3.04. The van der Waals surface area contributed by atoms with E-state index in [-0.39, 0.29) is 12.5 Å². The normalized spacial score (nSPS) is 19.0. The number of aryl methyl sites for hydroxylation is 1. The van der Waals surface area contributed by atoms with Crippen molar-refractivity contribution in [1.29, 1.82) is 0 Å². The Balaban J connectivity index is 1.99. The van der Waals surface area contributed by atoms with Gasteiger partial charge in [-0.1, -0.05) is 19.9 Å². The van der Waals surface area contributed by atoms with Gasteiger partial charge in [0.15, 0.2) is 6.10 Å². The van der Waals surface area contributed by atoms with Gasteiger partial charge in [-0.15, -0.1) is 0 Å². The van der Waals surface area contributed by atoms with Crippen molar-refractivity contribution in [2.24, 2.45) is 5.92 Å². The summed E-state index contributed by atoms with van der Waals surface area (Å²) in [5, 5.41) is 9.02. The number of hydrogen-bond acceptors (Lipinski definition) is 3. The number of ether oxygens (including phenoxy) is 1. The lowest BCUT2D eigenvalue weighted by Gasteiger charge is -2.22. The SMILES string of the molecule is Cc1cc(OC(C)C(=O)N2CCC(C(=O)O)C2)ccc1C(C)C. The number of rotatable bonds is 5. The highest BCUT2D eigenvalue weighted by molar-refractivity contribution is 5.82. The molecular weight excluding hydrogens is 294 g/mol. The minimum absolute atomic E-state index is 0.153. The number of carbonyl (C=O) groups is 2. The molecule has 23 heavy (non-hydrogen) atoms. The standard InChI is InChI=1S/C18H25NO4/c1-11(2)16-6-5-15(9-12(16)3)23-13(4)17(20)19-8-7-14(10-19)18(21)22/h5-6,9,11,13-14H,7-8,10H2,1-4H3,(H,21,22). The molecular formula is C18H25NO4. The van der Waals surface area contributed by atoms with E-state index in [1.807, 2.05) is 25.1 Å². The Bertz CT molecular complexity index is 597. The summed E-state index contributed by atoms with van der Waals surface area (Å²) in [5.74, 6) is -0.339. The third-order valence-corrected chi connectivity index (χ3v) is 4.37. The summed E-state index contributed by atoms with van der Waals surface area (Å²) in [6, 6.07) is 5.86. The van der Waals surface area contributed by atoms with Crippen LogP contribution in [-0.4, -0.2) is 41.1 Å². The van der Waals surface area contributed by atoms with Gasteiger partial charge in [0.1, 0.15) is 5.75 Å². The minimum Gasteiger partial charge on any atom is -0.481 e.